The highest BCUT2D eigenvalue weighted by atomic mass is 16.5. The van der Waals surface area contributed by atoms with Crippen molar-refractivity contribution in [1.29, 1.82) is 0 Å². The Kier molecular flexibility index (Phi) is 19.3. The van der Waals surface area contributed by atoms with E-state index in [-0.39, 0.29) is 12.1 Å². The SMILES string of the molecule is CC(C)N1CCC(c2ccc(NC3=CC=C(c4ccc5c(c4)CNC5=O)N4CCNC34)cc2)CC1.CC(C)N1CCN(c2ccc(Nc3ccc(-c4cccc(C(N)=O)c4)n4ccnc34)cc2)CC1.O=c1[nH]cc(-c2ccc(Nc3ccc(N4CCOCC4)cc3)c3nccn23)c(=O)[nH]1. The van der Waals surface area contributed by atoms with Crippen molar-refractivity contribution in [1.82, 2.24) is 54.1 Å². The molecule has 508 valence electrons. The Labute approximate surface area is 575 Å². The van der Waals surface area contributed by atoms with Gasteiger partial charge in [-0.15, -0.1) is 0 Å². The lowest BCUT2D eigenvalue weighted by molar-refractivity contribution is 0.0964. The Morgan fingerprint density at radius 3 is 1.85 bits per heavy atom. The minimum atomic E-state index is -0.538. The second-order valence-electron chi connectivity index (χ2n) is 26.4. The van der Waals surface area contributed by atoms with Crippen LogP contribution in [0.4, 0.5) is 39.8 Å². The number of primary amides is 1. The smallest absolute Gasteiger partial charge is 0.325 e. The number of benzene rings is 5. The minimum absolute atomic E-state index is 0.0308. The van der Waals surface area contributed by atoms with Crippen LogP contribution in [0.25, 0.3) is 39.5 Å². The first-order valence-corrected chi connectivity index (χ1v) is 34.4. The highest BCUT2D eigenvalue weighted by Gasteiger charge is 2.33. The van der Waals surface area contributed by atoms with Crippen molar-refractivity contribution in [2.24, 2.45) is 5.73 Å². The topological polar surface area (TPSA) is 246 Å². The van der Waals surface area contributed by atoms with E-state index >= 15 is 0 Å². The van der Waals surface area contributed by atoms with Crippen molar-refractivity contribution in [2.75, 3.05) is 104 Å². The van der Waals surface area contributed by atoms with Gasteiger partial charge in [0.05, 0.1) is 47.2 Å². The molecule has 16 rings (SSSR count). The third kappa shape index (κ3) is 14.5. The van der Waals surface area contributed by atoms with Gasteiger partial charge in [-0.2, -0.15) is 0 Å². The summed E-state index contributed by atoms with van der Waals surface area (Å²) in [7, 11) is 0. The number of imidazole rings is 2. The van der Waals surface area contributed by atoms with Crippen molar-refractivity contribution in [2.45, 2.75) is 71.2 Å². The molecule has 22 nitrogen and oxygen atoms in total. The molecule has 0 saturated carbocycles. The first-order chi connectivity index (χ1) is 48.2. The lowest BCUT2D eigenvalue weighted by Crippen LogP contribution is -2.48. The highest BCUT2D eigenvalue weighted by molar-refractivity contribution is 5.99. The number of carbonyl (C=O) groups is 2. The molecule has 6 aliphatic heterocycles. The summed E-state index contributed by atoms with van der Waals surface area (Å²) in [6.45, 7) is 21.6. The molecule has 0 bridgehead atoms. The van der Waals surface area contributed by atoms with Crippen LogP contribution in [0, 0.1) is 0 Å². The van der Waals surface area contributed by atoms with Crippen molar-refractivity contribution in [3.63, 3.8) is 0 Å². The number of piperidine rings is 1. The summed E-state index contributed by atoms with van der Waals surface area (Å²) in [6, 6.07) is 48.4. The highest BCUT2D eigenvalue weighted by Crippen LogP contribution is 2.36. The summed E-state index contributed by atoms with van der Waals surface area (Å²) in [5, 5.41) is 17.1. The van der Waals surface area contributed by atoms with Crippen LogP contribution in [0.5, 0.6) is 0 Å². The number of aromatic nitrogens is 6. The molecule has 4 fully saturated rings. The van der Waals surface area contributed by atoms with Crippen LogP contribution in [-0.2, 0) is 11.3 Å². The minimum Gasteiger partial charge on any atom is -0.378 e. The number of nitrogens with zero attached hydrogens (tertiary/aromatic N) is 9. The van der Waals surface area contributed by atoms with Crippen molar-refractivity contribution in [3.05, 3.63) is 237 Å². The predicted octanol–water partition coefficient (Wildman–Crippen LogP) is 10.4. The van der Waals surface area contributed by atoms with Crippen LogP contribution in [0.3, 0.4) is 0 Å². The van der Waals surface area contributed by atoms with Crippen LogP contribution < -0.4 is 53.4 Å². The number of nitrogens with two attached hydrogens (primary N) is 1. The van der Waals surface area contributed by atoms with Gasteiger partial charge in [-0.05, 0) is 203 Å². The lowest BCUT2D eigenvalue weighted by atomic mass is 9.89. The number of morpholine rings is 1. The number of carbonyl (C=O) groups excluding carboxylic acids is 2. The number of anilines is 7. The van der Waals surface area contributed by atoms with E-state index in [1.807, 2.05) is 75.7 Å². The van der Waals surface area contributed by atoms with Crippen LogP contribution in [0.1, 0.15) is 83.9 Å². The summed E-state index contributed by atoms with van der Waals surface area (Å²) < 4.78 is 9.24. The standard InChI is InChI=1S/C29H35N5O.C27H30N6O.C21H20N6O3/c1-19(2)33-14-11-21(12-15-33)20-3-6-24(7-4-20)32-26-9-10-27(34-16-13-30-28(26)34)22-5-8-25-23(17-22)18-31-29(25)35;1-19(2)31-14-16-32(17-15-31)23-8-6-22(7-9-23)30-24-10-11-25(33-13-12-29-27(24)33)20-4-3-5-21(18-20)26(28)34;28-20-16(13-23-21(29)25-20)18-6-5-17(19-22-7-8-27(18)19)24-14-1-3-15(4-2-14)26-9-11-30-12-10-26/h3-10,17,19,21,28,30,32H,11-16,18H2,1-2H3,(H,31,35);3-13,18-19,30H,14-17H2,1-2H3,(H2,28,34);1-8,13,24H,9-12H2,(H2,23,25,28,29). The summed E-state index contributed by atoms with van der Waals surface area (Å²) in [6.07, 6.45) is 15.6. The van der Waals surface area contributed by atoms with E-state index in [2.05, 4.69) is 184 Å². The Hall–Kier alpha value is -10.8. The average molecular weight is 1330 g/mol. The third-order valence-corrected chi connectivity index (χ3v) is 19.8. The van der Waals surface area contributed by atoms with E-state index in [9.17, 15) is 19.2 Å². The fourth-order valence-electron chi connectivity index (χ4n) is 14.2. The lowest BCUT2D eigenvalue weighted by Gasteiger charge is -2.38. The van der Waals surface area contributed by atoms with Gasteiger partial charge in [-0.3, -0.25) is 38.4 Å². The summed E-state index contributed by atoms with van der Waals surface area (Å²) in [5.74, 6) is 0.263. The number of hydrogen-bond acceptors (Lipinski definition) is 16. The molecule has 9 N–H and O–H groups in total. The predicted molar refractivity (Wildman–Crippen MR) is 393 cm³/mol. The largest absolute Gasteiger partial charge is 0.378 e. The number of nitrogens with one attached hydrogen (secondary N) is 7. The molecule has 22 heteroatoms. The number of rotatable bonds is 15. The maximum absolute atomic E-state index is 12.2. The molecule has 0 radical (unpaired) electrons. The quantitative estimate of drug-likeness (QED) is 0.0476. The van der Waals surface area contributed by atoms with Gasteiger partial charge in [0, 0.05) is 147 Å². The monoisotopic (exact) mass is 1330 g/mol. The molecule has 11 heterocycles. The first kappa shape index (κ1) is 65.5. The van der Waals surface area contributed by atoms with Gasteiger partial charge < -0.3 is 56.3 Å². The normalized spacial score (nSPS) is 17.3. The molecule has 6 aliphatic rings. The molecule has 0 spiro atoms. The number of ether oxygens (including phenoxy) is 1. The van der Waals surface area contributed by atoms with Gasteiger partial charge >= 0.3 is 5.69 Å². The molecule has 4 saturated heterocycles. The zero-order valence-corrected chi connectivity index (χ0v) is 56.4. The molecular weight excluding hydrogens is 1240 g/mol. The maximum Gasteiger partial charge on any atom is 0.325 e. The molecule has 10 aromatic rings. The van der Waals surface area contributed by atoms with Gasteiger partial charge in [0.1, 0.15) is 6.17 Å². The molecule has 0 aliphatic carbocycles. The number of hydrogen-bond donors (Lipinski definition) is 8. The van der Waals surface area contributed by atoms with Gasteiger partial charge in [0.25, 0.3) is 11.5 Å². The summed E-state index contributed by atoms with van der Waals surface area (Å²) >= 11 is 0. The van der Waals surface area contributed by atoms with Crippen LogP contribution >= 0.6 is 0 Å². The third-order valence-electron chi connectivity index (χ3n) is 19.8. The maximum atomic E-state index is 12.2. The number of likely N-dealkylation sites (tertiary alicyclic amines) is 1. The number of allylic oxidation sites excluding steroid dienone is 2. The van der Waals surface area contributed by atoms with Gasteiger partial charge in [-0.1, -0.05) is 30.3 Å². The van der Waals surface area contributed by atoms with Gasteiger partial charge in [0.15, 0.2) is 11.3 Å². The van der Waals surface area contributed by atoms with E-state index in [1.54, 1.807) is 24.7 Å². The molecule has 1 unspecified atom stereocenters. The van der Waals surface area contributed by atoms with E-state index in [0.717, 1.165) is 128 Å². The number of aromatic amines is 2. The number of amides is 2. The van der Waals surface area contributed by atoms with Gasteiger partial charge in [-0.25, -0.2) is 14.8 Å². The van der Waals surface area contributed by atoms with E-state index in [1.165, 1.54) is 60.5 Å². The molecule has 1 atom stereocenters. The van der Waals surface area contributed by atoms with Gasteiger partial charge in [0.2, 0.25) is 5.91 Å². The second-order valence-corrected chi connectivity index (χ2v) is 26.4. The Morgan fingerprint density at radius 1 is 0.606 bits per heavy atom. The molecular formula is C77H85N17O5. The van der Waals surface area contributed by atoms with E-state index < -0.39 is 17.2 Å². The zero-order valence-electron chi connectivity index (χ0n) is 56.4. The fourth-order valence-corrected chi connectivity index (χ4v) is 14.2. The van der Waals surface area contributed by atoms with Crippen LogP contribution in [-0.4, -0.2) is 152 Å². The number of pyridine rings is 2. The molecule has 2 amide bonds. The Balaban J connectivity index is 0.000000127. The number of fused-ring (bicyclic) bond motifs is 4. The van der Waals surface area contributed by atoms with Crippen LogP contribution in [0.15, 0.2) is 198 Å². The zero-order chi connectivity index (χ0) is 68.1. The van der Waals surface area contributed by atoms with Crippen LogP contribution in [0.2, 0.25) is 0 Å². The summed E-state index contributed by atoms with van der Waals surface area (Å²) in [4.78, 5) is 73.1. The second kappa shape index (κ2) is 29.1. The number of piperazine rings is 1. The Morgan fingerprint density at radius 2 is 1.21 bits per heavy atom. The first-order valence-electron chi connectivity index (χ1n) is 34.4. The fraction of sp³-hybridized carbons (Fsp3) is 0.299. The van der Waals surface area contributed by atoms with Crippen molar-refractivity contribution < 1.29 is 14.3 Å². The number of H-pyrrole nitrogens is 2. The van der Waals surface area contributed by atoms with E-state index in [0.29, 0.717) is 47.0 Å². The average Bonchev–Trinajstić information content (AvgIpc) is 1.74. The molecule has 99 heavy (non-hydrogen) atoms. The summed E-state index contributed by atoms with van der Waals surface area (Å²) in [5.41, 5.74) is 23.4. The molecule has 5 aromatic carbocycles. The van der Waals surface area contributed by atoms with Crippen molar-refractivity contribution in [3.8, 4) is 22.5 Å². The Bertz CT molecular complexity index is 4720. The van der Waals surface area contributed by atoms with E-state index in [4.69, 9.17) is 10.5 Å². The molecule has 5 aromatic heterocycles. The van der Waals surface area contributed by atoms with Crippen molar-refractivity contribution >= 4 is 68.6 Å².